The van der Waals surface area contributed by atoms with Crippen molar-refractivity contribution in [3.8, 4) is 11.1 Å². The van der Waals surface area contributed by atoms with Crippen LogP contribution in [0.15, 0.2) is 48.5 Å². The third kappa shape index (κ3) is 5.43. The van der Waals surface area contributed by atoms with Crippen LogP contribution < -0.4 is 5.32 Å². The van der Waals surface area contributed by atoms with Gasteiger partial charge in [-0.2, -0.15) is 0 Å². The topological polar surface area (TPSA) is 105 Å². The Bertz CT molecular complexity index is 1060. The van der Waals surface area contributed by atoms with Crippen molar-refractivity contribution in [2.45, 2.75) is 18.3 Å². The molecule has 8 nitrogen and oxygen atoms in total. The SMILES string of the molecule is O=C(NCCOCCC(=O)N1CC(C(=O)O)C(F)(F)C1)OCC1c2ccccc2-c2ccccc21. The van der Waals surface area contributed by atoms with Crippen molar-refractivity contribution in [1.82, 2.24) is 10.2 Å². The van der Waals surface area contributed by atoms with Gasteiger partial charge in [-0.1, -0.05) is 48.5 Å². The average Bonchev–Trinajstić information content (AvgIpc) is 3.34. The van der Waals surface area contributed by atoms with Crippen LogP contribution in [0, 0.1) is 5.92 Å². The molecule has 2 amide bonds. The number of aliphatic carboxylic acids is 1. The first-order valence-corrected chi connectivity index (χ1v) is 11.3. The Labute approximate surface area is 200 Å². The van der Waals surface area contributed by atoms with Gasteiger partial charge < -0.3 is 24.8 Å². The summed E-state index contributed by atoms with van der Waals surface area (Å²) in [5.41, 5.74) is 4.49. The zero-order valence-electron chi connectivity index (χ0n) is 18.9. The summed E-state index contributed by atoms with van der Waals surface area (Å²) < 4.78 is 38.1. The summed E-state index contributed by atoms with van der Waals surface area (Å²) in [6.45, 7) is -1.03. The maximum Gasteiger partial charge on any atom is 0.407 e. The maximum atomic E-state index is 13.7. The molecule has 1 aliphatic carbocycles. The molecule has 1 fully saturated rings. The van der Waals surface area contributed by atoms with Gasteiger partial charge in [0.1, 0.15) is 12.5 Å². The van der Waals surface area contributed by atoms with Crippen molar-refractivity contribution in [3.63, 3.8) is 0 Å². The van der Waals surface area contributed by atoms with Crippen molar-refractivity contribution < 1.29 is 37.7 Å². The van der Waals surface area contributed by atoms with Crippen molar-refractivity contribution in [3.05, 3.63) is 59.7 Å². The van der Waals surface area contributed by atoms with Crippen molar-refractivity contribution >= 4 is 18.0 Å². The predicted molar refractivity (Wildman–Crippen MR) is 121 cm³/mol. The second-order valence-electron chi connectivity index (χ2n) is 8.54. The zero-order chi connectivity index (χ0) is 25.0. The van der Waals surface area contributed by atoms with Gasteiger partial charge in [0.15, 0.2) is 0 Å². The first kappa shape index (κ1) is 24.6. The molecule has 2 aromatic rings. The van der Waals surface area contributed by atoms with Crippen LogP contribution in [-0.4, -0.2) is 73.4 Å². The van der Waals surface area contributed by atoms with Crippen molar-refractivity contribution in [2.75, 3.05) is 39.5 Å². The molecule has 1 atom stereocenters. The number of hydrogen-bond acceptors (Lipinski definition) is 5. The molecule has 1 aliphatic heterocycles. The quantitative estimate of drug-likeness (QED) is 0.526. The Balaban J connectivity index is 1.14. The number of alkyl halides is 2. The Morgan fingerprint density at radius 1 is 1.03 bits per heavy atom. The third-order valence-corrected chi connectivity index (χ3v) is 6.28. The molecule has 2 N–H and O–H groups in total. The van der Waals surface area contributed by atoms with E-state index in [1.807, 2.05) is 36.4 Å². The number of nitrogens with zero attached hydrogens (tertiary/aromatic N) is 1. The van der Waals surface area contributed by atoms with E-state index in [1.165, 1.54) is 0 Å². The molecule has 1 unspecified atom stereocenters. The highest BCUT2D eigenvalue weighted by atomic mass is 19.3. The van der Waals surface area contributed by atoms with Crippen molar-refractivity contribution in [2.24, 2.45) is 5.92 Å². The van der Waals surface area contributed by atoms with Crippen LogP contribution in [0.1, 0.15) is 23.5 Å². The van der Waals surface area contributed by atoms with E-state index in [-0.39, 0.29) is 38.7 Å². The van der Waals surface area contributed by atoms with Crippen LogP contribution in [0.4, 0.5) is 13.6 Å². The number of fused-ring (bicyclic) bond motifs is 3. The zero-order valence-corrected chi connectivity index (χ0v) is 18.9. The summed E-state index contributed by atoms with van der Waals surface area (Å²) in [5, 5.41) is 11.4. The van der Waals surface area contributed by atoms with E-state index in [1.54, 1.807) is 0 Å². The predicted octanol–water partition coefficient (Wildman–Crippen LogP) is 3.11. The lowest BCUT2D eigenvalue weighted by Crippen LogP contribution is -2.33. The average molecular weight is 488 g/mol. The maximum absolute atomic E-state index is 13.7. The largest absolute Gasteiger partial charge is 0.481 e. The fourth-order valence-electron chi connectivity index (χ4n) is 4.53. The lowest BCUT2D eigenvalue weighted by molar-refractivity contribution is -0.151. The number of carboxylic acid groups (broad SMARTS) is 1. The smallest absolute Gasteiger partial charge is 0.407 e. The Hall–Kier alpha value is -3.53. The van der Waals surface area contributed by atoms with Gasteiger partial charge in [0.2, 0.25) is 5.91 Å². The number of rotatable bonds is 9. The Kier molecular flexibility index (Phi) is 7.30. The summed E-state index contributed by atoms with van der Waals surface area (Å²) >= 11 is 0. The molecule has 0 bridgehead atoms. The van der Waals surface area contributed by atoms with E-state index in [4.69, 9.17) is 14.6 Å². The lowest BCUT2D eigenvalue weighted by atomic mass is 9.98. The molecular weight excluding hydrogens is 462 g/mol. The number of ether oxygens (including phenoxy) is 2. The number of halogens is 2. The van der Waals surface area contributed by atoms with Gasteiger partial charge in [0.05, 0.1) is 26.2 Å². The molecule has 186 valence electrons. The van der Waals surface area contributed by atoms with E-state index in [9.17, 15) is 23.2 Å². The molecule has 4 rings (SSSR count). The minimum atomic E-state index is -3.45. The Morgan fingerprint density at radius 2 is 1.66 bits per heavy atom. The van der Waals surface area contributed by atoms with E-state index in [0.717, 1.165) is 27.2 Å². The van der Waals surface area contributed by atoms with E-state index in [0.29, 0.717) is 0 Å². The van der Waals surface area contributed by atoms with Gasteiger partial charge in [0, 0.05) is 19.0 Å². The number of benzene rings is 2. The number of nitrogens with one attached hydrogen (secondary N) is 1. The molecule has 1 heterocycles. The fraction of sp³-hybridized carbons (Fsp3) is 0.400. The van der Waals surface area contributed by atoms with E-state index in [2.05, 4.69) is 17.4 Å². The molecular formula is C25H26F2N2O6. The number of likely N-dealkylation sites (tertiary alicyclic amines) is 1. The summed E-state index contributed by atoms with van der Waals surface area (Å²) in [5.74, 6) is -7.61. The minimum absolute atomic E-state index is 0.0367. The van der Waals surface area contributed by atoms with Crippen LogP contribution >= 0.6 is 0 Å². The number of carbonyl (C=O) groups excluding carboxylic acids is 2. The lowest BCUT2D eigenvalue weighted by Gasteiger charge is -2.16. The van der Waals surface area contributed by atoms with Gasteiger partial charge in [0.25, 0.3) is 5.92 Å². The van der Waals surface area contributed by atoms with Crippen LogP contribution in [0.2, 0.25) is 0 Å². The monoisotopic (exact) mass is 488 g/mol. The first-order valence-electron chi connectivity index (χ1n) is 11.3. The van der Waals surface area contributed by atoms with Crippen LogP contribution in [0.5, 0.6) is 0 Å². The van der Waals surface area contributed by atoms with Crippen molar-refractivity contribution in [1.29, 1.82) is 0 Å². The molecule has 0 saturated carbocycles. The molecule has 2 aliphatic rings. The van der Waals surface area contributed by atoms with Gasteiger partial charge in [-0.3, -0.25) is 9.59 Å². The minimum Gasteiger partial charge on any atom is -0.481 e. The number of carbonyl (C=O) groups is 3. The van der Waals surface area contributed by atoms with Crippen LogP contribution in [0.25, 0.3) is 11.1 Å². The number of alkyl carbamates (subject to hydrolysis) is 1. The highest BCUT2D eigenvalue weighted by Crippen LogP contribution is 2.44. The summed E-state index contributed by atoms with van der Waals surface area (Å²) in [7, 11) is 0. The van der Waals surface area contributed by atoms with Gasteiger partial charge >= 0.3 is 12.1 Å². The van der Waals surface area contributed by atoms with E-state index >= 15 is 0 Å². The summed E-state index contributed by atoms with van der Waals surface area (Å²) in [6, 6.07) is 16.0. The third-order valence-electron chi connectivity index (χ3n) is 6.28. The van der Waals surface area contributed by atoms with E-state index < -0.39 is 42.9 Å². The molecule has 2 aromatic carbocycles. The molecule has 0 aromatic heterocycles. The number of amides is 2. The highest BCUT2D eigenvalue weighted by molar-refractivity contribution is 5.80. The Morgan fingerprint density at radius 3 is 2.26 bits per heavy atom. The van der Waals surface area contributed by atoms with Gasteiger partial charge in [-0.15, -0.1) is 0 Å². The second-order valence-corrected chi connectivity index (χ2v) is 8.54. The molecule has 0 spiro atoms. The second kappa shape index (κ2) is 10.4. The number of hydrogen-bond donors (Lipinski definition) is 2. The standard InChI is InChI=1S/C25H26F2N2O6/c26-25(27)15-29(13-21(25)23(31)32)22(30)9-11-34-12-10-28-24(33)35-14-20-18-7-3-1-5-16(18)17-6-2-4-8-19(17)20/h1-8,20-21H,9-15H2,(H,28,33)(H,31,32). The molecule has 0 radical (unpaired) electrons. The van der Waals surface area contributed by atoms with Gasteiger partial charge in [-0.05, 0) is 22.3 Å². The van der Waals surface area contributed by atoms with Gasteiger partial charge in [-0.25, -0.2) is 13.6 Å². The summed E-state index contributed by atoms with van der Waals surface area (Å²) in [6.07, 6.45) is -0.751. The molecule has 10 heteroatoms. The van der Waals surface area contributed by atoms with Crippen LogP contribution in [-0.2, 0) is 19.1 Å². The number of carboxylic acids is 1. The molecule has 35 heavy (non-hydrogen) atoms. The fourth-order valence-corrected chi connectivity index (χ4v) is 4.53. The molecule has 1 saturated heterocycles. The normalized spacial score (nSPS) is 18.1. The van der Waals surface area contributed by atoms with Crippen LogP contribution in [0.3, 0.4) is 0 Å². The first-order chi connectivity index (χ1) is 16.8. The summed E-state index contributed by atoms with van der Waals surface area (Å²) in [4.78, 5) is 35.9. The highest BCUT2D eigenvalue weighted by Gasteiger charge is 2.53.